The number of rotatable bonds is 2. The van der Waals surface area contributed by atoms with Crippen molar-refractivity contribution in [3.63, 3.8) is 0 Å². The number of morpholine rings is 1. The highest BCUT2D eigenvalue weighted by molar-refractivity contribution is 6.30. The fraction of sp³-hybridized carbons (Fsp3) is 0.417. The van der Waals surface area contributed by atoms with Gasteiger partial charge in [-0.1, -0.05) is 11.6 Å². The zero-order valence-corrected chi connectivity index (χ0v) is 10.8. The van der Waals surface area contributed by atoms with E-state index in [1.54, 1.807) is 0 Å². The summed E-state index contributed by atoms with van der Waals surface area (Å²) in [5.41, 5.74) is 5.13. The monoisotopic (exact) mass is 290 g/mol. The molecule has 0 aliphatic carbocycles. The second kappa shape index (κ2) is 5.81. The largest absolute Gasteiger partial charge is 0.373 e. The van der Waals surface area contributed by atoms with Crippen LogP contribution in [0.4, 0.5) is 8.78 Å². The highest BCUT2D eigenvalue weighted by Gasteiger charge is 2.26. The van der Waals surface area contributed by atoms with E-state index in [1.807, 2.05) is 0 Å². The minimum atomic E-state index is -0.841. The average molecular weight is 291 g/mol. The Bertz CT molecular complexity index is 499. The van der Waals surface area contributed by atoms with Crippen LogP contribution in [-0.2, 0) is 4.74 Å². The van der Waals surface area contributed by atoms with Crippen molar-refractivity contribution >= 4 is 17.5 Å². The fourth-order valence-corrected chi connectivity index (χ4v) is 2.05. The molecule has 0 spiro atoms. The fourth-order valence-electron chi connectivity index (χ4n) is 1.90. The summed E-state index contributed by atoms with van der Waals surface area (Å²) in [5, 5.41) is -0.351. The van der Waals surface area contributed by atoms with Crippen molar-refractivity contribution in [2.45, 2.75) is 6.10 Å². The van der Waals surface area contributed by atoms with Crippen LogP contribution in [0, 0.1) is 11.6 Å². The highest BCUT2D eigenvalue weighted by Crippen LogP contribution is 2.21. The third-order valence-corrected chi connectivity index (χ3v) is 3.22. The van der Waals surface area contributed by atoms with Gasteiger partial charge in [0, 0.05) is 19.6 Å². The molecule has 1 aliphatic rings. The van der Waals surface area contributed by atoms with E-state index >= 15 is 0 Å². The molecular formula is C12H13ClF2N2O2. The molecule has 1 aromatic rings. The Kier molecular flexibility index (Phi) is 4.34. The van der Waals surface area contributed by atoms with Crippen LogP contribution in [0.2, 0.25) is 5.02 Å². The predicted octanol–water partition coefficient (Wildman–Crippen LogP) is 1.42. The van der Waals surface area contributed by atoms with Crippen LogP contribution in [0.3, 0.4) is 0 Å². The number of amides is 1. The SMILES string of the molecule is NCC1CN(C(=O)c2cc(F)c(Cl)cc2F)CCO1. The number of benzene rings is 1. The van der Waals surface area contributed by atoms with Crippen molar-refractivity contribution in [2.75, 3.05) is 26.2 Å². The molecule has 1 atom stereocenters. The Morgan fingerprint density at radius 2 is 2.21 bits per heavy atom. The number of nitrogens with zero attached hydrogens (tertiary/aromatic N) is 1. The van der Waals surface area contributed by atoms with Crippen LogP contribution in [0.25, 0.3) is 0 Å². The predicted molar refractivity (Wildman–Crippen MR) is 66.1 cm³/mol. The number of carbonyl (C=O) groups is 1. The standard InChI is InChI=1S/C12H13ClF2N2O2/c13-9-4-10(14)8(3-11(9)15)12(18)17-1-2-19-7(5-16)6-17/h3-4,7H,1-2,5-6,16H2. The molecule has 104 valence electrons. The van der Waals surface area contributed by atoms with Gasteiger partial charge in [-0.2, -0.15) is 0 Å². The van der Waals surface area contributed by atoms with Gasteiger partial charge < -0.3 is 15.4 Å². The number of hydrogen-bond donors (Lipinski definition) is 1. The first-order chi connectivity index (χ1) is 9.02. The molecule has 1 aromatic carbocycles. The van der Waals surface area contributed by atoms with Gasteiger partial charge in [0.1, 0.15) is 11.6 Å². The average Bonchev–Trinajstić information content (AvgIpc) is 2.42. The van der Waals surface area contributed by atoms with E-state index in [2.05, 4.69) is 0 Å². The van der Waals surface area contributed by atoms with E-state index < -0.39 is 17.5 Å². The lowest BCUT2D eigenvalue weighted by molar-refractivity contribution is -0.0169. The van der Waals surface area contributed by atoms with Crippen LogP contribution in [0.5, 0.6) is 0 Å². The van der Waals surface area contributed by atoms with E-state index in [9.17, 15) is 13.6 Å². The molecule has 7 heteroatoms. The summed E-state index contributed by atoms with van der Waals surface area (Å²) >= 11 is 5.45. The van der Waals surface area contributed by atoms with E-state index in [1.165, 1.54) is 4.90 Å². The maximum atomic E-state index is 13.7. The highest BCUT2D eigenvalue weighted by atomic mass is 35.5. The van der Waals surface area contributed by atoms with E-state index in [-0.39, 0.29) is 29.8 Å². The number of halogens is 3. The molecule has 2 rings (SSSR count). The van der Waals surface area contributed by atoms with Gasteiger partial charge in [0.05, 0.1) is 23.3 Å². The molecule has 19 heavy (non-hydrogen) atoms. The van der Waals surface area contributed by atoms with Crippen LogP contribution >= 0.6 is 11.6 Å². The smallest absolute Gasteiger partial charge is 0.257 e. The molecule has 1 amide bonds. The van der Waals surface area contributed by atoms with Crippen molar-refractivity contribution in [3.05, 3.63) is 34.4 Å². The van der Waals surface area contributed by atoms with Crippen LogP contribution < -0.4 is 5.73 Å². The third-order valence-electron chi connectivity index (χ3n) is 2.93. The van der Waals surface area contributed by atoms with Gasteiger partial charge in [-0.3, -0.25) is 4.79 Å². The van der Waals surface area contributed by atoms with E-state index in [0.717, 1.165) is 12.1 Å². The van der Waals surface area contributed by atoms with Gasteiger partial charge in [-0.15, -0.1) is 0 Å². The summed E-state index contributed by atoms with van der Waals surface area (Å²) in [5.74, 6) is -2.25. The maximum absolute atomic E-state index is 13.7. The molecule has 0 saturated carbocycles. The van der Waals surface area contributed by atoms with E-state index in [0.29, 0.717) is 13.2 Å². The topological polar surface area (TPSA) is 55.6 Å². The molecular weight excluding hydrogens is 278 g/mol. The summed E-state index contributed by atoms with van der Waals surface area (Å²) in [6, 6.07) is 1.61. The lowest BCUT2D eigenvalue weighted by Crippen LogP contribution is -2.48. The Morgan fingerprint density at radius 1 is 1.47 bits per heavy atom. The van der Waals surface area contributed by atoms with Gasteiger partial charge >= 0.3 is 0 Å². The lowest BCUT2D eigenvalue weighted by atomic mass is 10.1. The number of carbonyl (C=O) groups excluding carboxylic acids is 1. The zero-order chi connectivity index (χ0) is 14.0. The van der Waals surface area contributed by atoms with Crippen molar-refractivity contribution in [2.24, 2.45) is 5.73 Å². The second-order valence-corrected chi connectivity index (χ2v) is 4.63. The van der Waals surface area contributed by atoms with Crippen molar-refractivity contribution < 1.29 is 18.3 Å². The summed E-state index contributed by atoms with van der Waals surface area (Å²) in [6.45, 7) is 1.17. The number of hydrogen-bond acceptors (Lipinski definition) is 3. The first kappa shape index (κ1) is 14.2. The van der Waals surface area contributed by atoms with Crippen LogP contribution in [-0.4, -0.2) is 43.2 Å². The minimum absolute atomic E-state index is 0.263. The summed E-state index contributed by atoms with van der Waals surface area (Å²) < 4.78 is 32.3. The van der Waals surface area contributed by atoms with Gasteiger partial charge in [0.2, 0.25) is 0 Å². The third kappa shape index (κ3) is 3.02. The second-order valence-electron chi connectivity index (χ2n) is 4.23. The molecule has 1 aliphatic heterocycles. The molecule has 0 aromatic heterocycles. The molecule has 1 saturated heterocycles. The molecule has 4 nitrogen and oxygen atoms in total. The summed E-state index contributed by atoms with van der Waals surface area (Å²) in [4.78, 5) is 13.5. The van der Waals surface area contributed by atoms with Crippen LogP contribution in [0.1, 0.15) is 10.4 Å². The molecule has 1 fully saturated rings. The van der Waals surface area contributed by atoms with Crippen molar-refractivity contribution in [1.82, 2.24) is 4.90 Å². The number of nitrogens with two attached hydrogens (primary N) is 1. The first-order valence-corrected chi connectivity index (χ1v) is 6.16. The quantitative estimate of drug-likeness (QED) is 0.838. The lowest BCUT2D eigenvalue weighted by Gasteiger charge is -2.32. The van der Waals surface area contributed by atoms with Crippen LogP contribution in [0.15, 0.2) is 12.1 Å². The van der Waals surface area contributed by atoms with Gasteiger partial charge in [-0.05, 0) is 12.1 Å². The normalized spacial score (nSPS) is 19.6. The molecule has 1 unspecified atom stereocenters. The summed E-state index contributed by atoms with van der Waals surface area (Å²) in [6.07, 6.45) is -0.280. The van der Waals surface area contributed by atoms with Gasteiger partial charge in [0.25, 0.3) is 5.91 Å². The molecule has 0 bridgehead atoms. The molecule has 0 radical (unpaired) electrons. The minimum Gasteiger partial charge on any atom is -0.373 e. The Labute approximate surface area is 114 Å². The number of ether oxygens (including phenoxy) is 1. The zero-order valence-electron chi connectivity index (χ0n) is 10.0. The van der Waals surface area contributed by atoms with Crippen molar-refractivity contribution in [3.8, 4) is 0 Å². The summed E-state index contributed by atoms with van der Waals surface area (Å²) in [7, 11) is 0. The van der Waals surface area contributed by atoms with Gasteiger partial charge in [-0.25, -0.2) is 8.78 Å². The van der Waals surface area contributed by atoms with Gasteiger partial charge in [0.15, 0.2) is 0 Å². The maximum Gasteiger partial charge on any atom is 0.257 e. The first-order valence-electron chi connectivity index (χ1n) is 5.78. The van der Waals surface area contributed by atoms with Crippen molar-refractivity contribution in [1.29, 1.82) is 0 Å². The molecule has 2 N–H and O–H groups in total. The van der Waals surface area contributed by atoms with E-state index in [4.69, 9.17) is 22.1 Å². The Morgan fingerprint density at radius 3 is 2.89 bits per heavy atom. The molecule has 1 heterocycles. The Hall–Kier alpha value is -1.24. The Balaban J connectivity index is 2.22.